The predicted molar refractivity (Wildman–Crippen MR) is 59.0 cm³/mol. The van der Waals surface area contributed by atoms with Gasteiger partial charge < -0.3 is 9.67 Å². The van der Waals surface area contributed by atoms with E-state index in [0.29, 0.717) is 10.7 Å². The van der Waals surface area contributed by atoms with Gasteiger partial charge in [-0.2, -0.15) is 0 Å². The van der Waals surface area contributed by atoms with Crippen molar-refractivity contribution >= 4 is 28.8 Å². The number of aliphatic carboxylic acids is 1. The molecule has 0 spiro atoms. The van der Waals surface area contributed by atoms with E-state index in [9.17, 15) is 9.18 Å². The summed E-state index contributed by atoms with van der Waals surface area (Å²) in [7, 11) is 1.74. The zero-order chi connectivity index (χ0) is 11.7. The Hall–Kier alpha value is -1.56. The fourth-order valence-corrected chi connectivity index (χ4v) is 2.11. The van der Waals surface area contributed by atoms with Gasteiger partial charge in [-0.1, -0.05) is 17.8 Å². The second kappa shape index (κ2) is 4.13. The molecule has 0 radical (unpaired) electrons. The molecule has 0 amide bonds. The highest BCUT2D eigenvalue weighted by molar-refractivity contribution is 7.99. The van der Waals surface area contributed by atoms with E-state index < -0.39 is 11.8 Å². The van der Waals surface area contributed by atoms with Crippen molar-refractivity contribution in [2.75, 3.05) is 5.75 Å². The van der Waals surface area contributed by atoms with Crippen LogP contribution in [0.15, 0.2) is 23.4 Å². The Bertz CT molecular complexity index is 553. The number of imidazole rings is 1. The number of hydrogen-bond acceptors (Lipinski definition) is 3. The normalized spacial score (nSPS) is 10.9. The largest absolute Gasteiger partial charge is 0.481 e. The number of benzene rings is 1. The molecule has 1 aromatic carbocycles. The quantitative estimate of drug-likeness (QED) is 0.832. The zero-order valence-corrected chi connectivity index (χ0v) is 9.29. The Morgan fingerprint density at radius 3 is 3.00 bits per heavy atom. The van der Waals surface area contributed by atoms with Crippen LogP contribution in [0.1, 0.15) is 0 Å². The summed E-state index contributed by atoms with van der Waals surface area (Å²) in [5, 5.41) is 9.07. The van der Waals surface area contributed by atoms with Gasteiger partial charge in [-0.25, -0.2) is 9.37 Å². The number of hydrogen-bond donors (Lipinski definition) is 1. The molecule has 0 saturated carbocycles. The number of aromatic nitrogens is 2. The van der Waals surface area contributed by atoms with E-state index in [1.807, 2.05) is 0 Å². The smallest absolute Gasteiger partial charge is 0.313 e. The predicted octanol–water partition coefficient (Wildman–Crippen LogP) is 1.89. The van der Waals surface area contributed by atoms with Gasteiger partial charge in [0.25, 0.3) is 0 Å². The Balaban J connectivity index is 2.44. The Kier molecular flexibility index (Phi) is 2.82. The number of halogens is 1. The van der Waals surface area contributed by atoms with Crippen molar-refractivity contribution < 1.29 is 14.3 Å². The number of thioether (sulfide) groups is 1. The summed E-state index contributed by atoms with van der Waals surface area (Å²) in [5.74, 6) is -1.40. The Morgan fingerprint density at radius 2 is 2.38 bits per heavy atom. The van der Waals surface area contributed by atoms with E-state index in [2.05, 4.69) is 4.98 Å². The van der Waals surface area contributed by atoms with Gasteiger partial charge in [-0.05, 0) is 12.1 Å². The lowest BCUT2D eigenvalue weighted by molar-refractivity contribution is -0.133. The number of aryl methyl sites for hydroxylation is 1. The summed E-state index contributed by atoms with van der Waals surface area (Å²) < 4.78 is 15.1. The lowest BCUT2D eigenvalue weighted by Gasteiger charge is -1.98. The molecular formula is C10H9FN2O2S. The second-order valence-corrected chi connectivity index (χ2v) is 4.19. The first-order valence-corrected chi connectivity index (χ1v) is 5.53. The molecule has 2 aromatic rings. The molecule has 0 bridgehead atoms. The molecule has 0 unspecified atom stereocenters. The van der Waals surface area contributed by atoms with Crippen LogP contribution in [0, 0.1) is 5.82 Å². The van der Waals surface area contributed by atoms with Crippen LogP contribution >= 0.6 is 11.8 Å². The summed E-state index contributed by atoms with van der Waals surface area (Å²) in [6, 6.07) is 4.68. The molecule has 1 heterocycles. The zero-order valence-electron chi connectivity index (χ0n) is 8.48. The summed E-state index contributed by atoms with van der Waals surface area (Å²) in [5.41, 5.74) is 0.936. The summed E-state index contributed by atoms with van der Waals surface area (Å²) in [6.45, 7) is 0. The Morgan fingerprint density at radius 1 is 1.62 bits per heavy atom. The van der Waals surface area contributed by atoms with Crippen LogP contribution in [-0.4, -0.2) is 26.4 Å². The van der Waals surface area contributed by atoms with Crippen LogP contribution in [0.4, 0.5) is 4.39 Å². The lowest BCUT2D eigenvalue weighted by Crippen LogP contribution is -2.00. The minimum Gasteiger partial charge on any atom is -0.481 e. The highest BCUT2D eigenvalue weighted by Gasteiger charge is 2.12. The molecule has 0 atom stereocenters. The van der Waals surface area contributed by atoms with Crippen LogP contribution in [0.5, 0.6) is 0 Å². The van der Waals surface area contributed by atoms with Gasteiger partial charge in [-0.3, -0.25) is 4.79 Å². The number of nitrogens with zero attached hydrogens (tertiary/aromatic N) is 2. The third-order valence-electron chi connectivity index (χ3n) is 2.15. The number of para-hydroxylation sites is 1. The molecule has 2 rings (SSSR count). The molecule has 4 nitrogen and oxygen atoms in total. The number of rotatable bonds is 3. The molecule has 6 heteroatoms. The van der Waals surface area contributed by atoms with Crippen LogP contribution < -0.4 is 0 Å². The molecule has 0 saturated heterocycles. The van der Waals surface area contributed by atoms with E-state index >= 15 is 0 Å². The van der Waals surface area contributed by atoms with Crippen LogP contribution in [0.25, 0.3) is 11.0 Å². The van der Waals surface area contributed by atoms with E-state index in [1.54, 1.807) is 23.7 Å². The second-order valence-electron chi connectivity index (χ2n) is 3.24. The van der Waals surface area contributed by atoms with Gasteiger partial charge in [0, 0.05) is 7.05 Å². The molecule has 1 aromatic heterocycles. The molecule has 0 fully saturated rings. The topological polar surface area (TPSA) is 55.1 Å². The van der Waals surface area contributed by atoms with Gasteiger partial charge in [0.2, 0.25) is 0 Å². The third-order valence-corrected chi connectivity index (χ3v) is 3.16. The standard InChI is InChI=1S/C10H9FN2O2S/c1-13-7-4-2-3-6(11)9(7)12-10(13)16-5-8(14)15/h2-4H,5H2,1H3,(H,14,15). The molecule has 1 N–H and O–H groups in total. The molecular weight excluding hydrogens is 231 g/mol. The van der Waals surface area contributed by atoms with Crippen LogP contribution in [-0.2, 0) is 11.8 Å². The van der Waals surface area contributed by atoms with Gasteiger partial charge in [0.05, 0.1) is 11.3 Å². The summed E-state index contributed by atoms with van der Waals surface area (Å²) >= 11 is 1.08. The van der Waals surface area contributed by atoms with Crippen molar-refractivity contribution in [2.24, 2.45) is 7.05 Å². The summed E-state index contributed by atoms with van der Waals surface area (Å²) in [4.78, 5) is 14.5. The number of fused-ring (bicyclic) bond motifs is 1. The summed E-state index contributed by atoms with van der Waals surface area (Å²) in [6.07, 6.45) is 0. The highest BCUT2D eigenvalue weighted by atomic mass is 32.2. The van der Waals surface area contributed by atoms with Gasteiger partial charge in [0.1, 0.15) is 5.52 Å². The van der Waals surface area contributed by atoms with Crippen molar-refractivity contribution in [3.63, 3.8) is 0 Å². The molecule has 0 aliphatic rings. The van der Waals surface area contributed by atoms with Gasteiger partial charge in [0.15, 0.2) is 11.0 Å². The number of carboxylic acid groups (broad SMARTS) is 1. The van der Waals surface area contributed by atoms with Gasteiger partial charge >= 0.3 is 5.97 Å². The minimum absolute atomic E-state index is 0.0845. The monoisotopic (exact) mass is 240 g/mol. The van der Waals surface area contributed by atoms with E-state index in [4.69, 9.17) is 5.11 Å². The SMILES string of the molecule is Cn1c(SCC(=O)O)nc2c(F)cccc21. The maximum Gasteiger partial charge on any atom is 0.313 e. The first-order chi connectivity index (χ1) is 7.59. The van der Waals surface area contributed by atoms with Crippen molar-refractivity contribution in [3.8, 4) is 0 Å². The highest BCUT2D eigenvalue weighted by Crippen LogP contribution is 2.24. The lowest BCUT2D eigenvalue weighted by atomic mass is 10.3. The van der Waals surface area contributed by atoms with Crippen molar-refractivity contribution in [1.82, 2.24) is 9.55 Å². The van der Waals surface area contributed by atoms with Gasteiger partial charge in [-0.15, -0.1) is 0 Å². The number of carboxylic acids is 1. The van der Waals surface area contributed by atoms with Crippen molar-refractivity contribution in [1.29, 1.82) is 0 Å². The molecule has 16 heavy (non-hydrogen) atoms. The maximum atomic E-state index is 13.4. The van der Waals surface area contributed by atoms with Crippen molar-refractivity contribution in [2.45, 2.75) is 5.16 Å². The van der Waals surface area contributed by atoms with Crippen LogP contribution in [0.2, 0.25) is 0 Å². The fraction of sp³-hybridized carbons (Fsp3) is 0.200. The average molecular weight is 240 g/mol. The molecule has 84 valence electrons. The van der Waals surface area contributed by atoms with Crippen molar-refractivity contribution in [3.05, 3.63) is 24.0 Å². The number of carbonyl (C=O) groups is 1. The van der Waals surface area contributed by atoms with E-state index in [1.165, 1.54) is 6.07 Å². The molecule has 0 aliphatic carbocycles. The average Bonchev–Trinajstić information content (AvgIpc) is 2.55. The maximum absolute atomic E-state index is 13.4. The fourth-order valence-electron chi connectivity index (χ4n) is 1.41. The minimum atomic E-state index is -0.919. The molecule has 0 aliphatic heterocycles. The van der Waals surface area contributed by atoms with Crippen LogP contribution in [0.3, 0.4) is 0 Å². The van der Waals surface area contributed by atoms with E-state index in [-0.39, 0.29) is 11.3 Å². The van der Waals surface area contributed by atoms with E-state index in [0.717, 1.165) is 11.8 Å². The first-order valence-electron chi connectivity index (χ1n) is 4.55. The first kappa shape index (κ1) is 10.9. The Labute approximate surface area is 95.1 Å². The third kappa shape index (κ3) is 1.88.